The van der Waals surface area contributed by atoms with E-state index >= 15 is 0 Å². The summed E-state index contributed by atoms with van der Waals surface area (Å²) in [6, 6.07) is 6.93. The number of hydrogen-bond donors (Lipinski definition) is 1. The topological polar surface area (TPSA) is 66.8 Å². The first kappa shape index (κ1) is 19.7. The van der Waals surface area contributed by atoms with E-state index in [9.17, 15) is 19.1 Å². The number of aromatic hydroxyl groups is 1. The van der Waals surface area contributed by atoms with Gasteiger partial charge in [-0.25, -0.2) is 4.39 Å². The third kappa shape index (κ3) is 4.12. The molecule has 3 rings (SSSR count). The van der Waals surface area contributed by atoms with Crippen molar-refractivity contribution in [1.29, 1.82) is 0 Å². The number of carbonyl (C=O) groups is 2. The summed E-state index contributed by atoms with van der Waals surface area (Å²) in [6.07, 6.45) is 1.53. The zero-order valence-electron chi connectivity index (χ0n) is 13.8. The molecule has 140 valence electrons. The number of methoxy groups -OCH3 is 1. The molecule has 0 aliphatic carbocycles. The van der Waals surface area contributed by atoms with Crippen molar-refractivity contribution in [3.8, 4) is 11.5 Å². The zero-order valence-corrected chi connectivity index (χ0v) is 17.0. The molecule has 0 saturated carbocycles. The van der Waals surface area contributed by atoms with Crippen LogP contribution in [0.3, 0.4) is 0 Å². The molecule has 1 fully saturated rings. The Balaban J connectivity index is 1.87. The molecule has 1 aliphatic rings. The fourth-order valence-electron chi connectivity index (χ4n) is 2.44. The van der Waals surface area contributed by atoms with Crippen molar-refractivity contribution in [3.63, 3.8) is 0 Å². The Morgan fingerprint density at radius 3 is 2.74 bits per heavy atom. The van der Waals surface area contributed by atoms with Gasteiger partial charge in [-0.3, -0.25) is 14.5 Å². The van der Waals surface area contributed by atoms with Crippen LogP contribution in [0, 0.1) is 5.82 Å². The molecule has 2 aromatic carbocycles. The highest BCUT2D eigenvalue weighted by atomic mass is 79.9. The van der Waals surface area contributed by atoms with Crippen molar-refractivity contribution < 1.29 is 23.8 Å². The van der Waals surface area contributed by atoms with E-state index in [4.69, 9.17) is 16.3 Å². The minimum Gasteiger partial charge on any atom is -0.503 e. The second-order valence-corrected chi connectivity index (χ2v) is 7.81. The fraction of sp³-hybridized carbons (Fsp3) is 0.111. The predicted octanol–water partition coefficient (Wildman–Crippen LogP) is 5.19. The lowest BCUT2D eigenvalue weighted by Gasteiger charge is -2.13. The van der Waals surface area contributed by atoms with Gasteiger partial charge in [0.2, 0.25) is 0 Å². The van der Waals surface area contributed by atoms with Crippen molar-refractivity contribution in [3.05, 3.63) is 61.7 Å². The summed E-state index contributed by atoms with van der Waals surface area (Å²) in [5, 5.41) is 9.56. The van der Waals surface area contributed by atoms with Crippen LogP contribution in [0.4, 0.5) is 9.18 Å². The average Bonchev–Trinajstić information content (AvgIpc) is 2.87. The first-order valence-corrected chi connectivity index (χ1v) is 9.54. The smallest absolute Gasteiger partial charge is 0.293 e. The molecule has 0 unspecified atom stereocenters. The Kier molecular flexibility index (Phi) is 5.78. The lowest BCUT2D eigenvalue weighted by molar-refractivity contribution is -0.123. The molecule has 1 heterocycles. The van der Waals surface area contributed by atoms with E-state index in [1.807, 2.05) is 0 Å². The number of rotatable bonds is 4. The van der Waals surface area contributed by atoms with Crippen LogP contribution in [0.5, 0.6) is 11.5 Å². The van der Waals surface area contributed by atoms with Crippen molar-refractivity contribution in [2.24, 2.45) is 0 Å². The summed E-state index contributed by atoms with van der Waals surface area (Å²) in [7, 11) is 1.41. The van der Waals surface area contributed by atoms with Crippen LogP contribution in [0.2, 0.25) is 5.02 Å². The number of thioether (sulfide) groups is 1. The molecule has 9 heteroatoms. The van der Waals surface area contributed by atoms with E-state index in [0.717, 1.165) is 22.7 Å². The van der Waals surface area contributed by atoms with Gasteiger partial charge in [-0.1, -0.05) is 17.7 Å². The number of benzene rings is 2. The summed E-state index contributed by atoms with van der Waals surface area (Å²) >= 11 is 9.98. The van der Waals surface area contributed by atoms with Gasteiger partial charge in [0, 0.05) is 5.02 Å². The number of hydrogen-bond acceptors (Lipinski definition) is 5. The standard InChI is InChI=1S/C18H12BrClFNO4S/c1-26-14-5-9(4-12(19)16(14)23)6-15-17(24)22(18(25)27-15)8-10-2-3-11(21)7-13(10)20/h2-7,23H,8H2,1H3/b15-6+. The second-order valence-electron chi connectivity index (χ2n) is 5.56. The van der Waals surface area contributed by atoms with Gasteiger partial charge < -0.3 is 9.84 Å². The Hall–Kier alpha value is -2.03. The van der Waals surface area contributed by atoms with Crippen LogP contribution in [0.25, 0.3) is 6.08 Å². The Morgan fingerprint density at radius 1 is 1.33 bits per heavy atom. The Morgan fingerprint density at radius 2 is 2.07 bits per heavy atom. The largest absolute Gasteiger partial charge is 0.503 e. The number of phenols is 1. The summed E-state index contributed by atoms with van der Waals surface area (Å²) in [5.41, 5.74) is 1.04. The molecule has 1 N–H and O–H groups in total. The van der Waals surface area contributed by atoms with Gasteiger partial charge in [0.25, 0.3) is 11.1 Å². The highest BCUT2D eigenvalue weighted by Gasteiger charge is 2.35. The first-order valence-electron chi connectivity index (χ1n) is 7.56. The maximum atomic E-state index is 13.2. The minimum atomic E-state index is -0.496. The minimum absolute atomic E-state index is 0.0519. The molecule has 27 heavy (non-hydrogen) atoms. The van der Waals surface area contributed by atoms with Crippen LogP contribution in [-0.4, -0.2) is 28.3 Å². The van der Waals surface area contributed by atoms with Crippen molar-refractivity contribution in [2.75, 3.05) is 7.11 Å². The lowest BCUT2D eigenvalue weighted by atomic mass is 10.1. The van der Waals surface area contributed by atoms with Gasteiger partial charge in [-0.15, -0.1) is 0 Å². The van der Waals surface area contributed by atoms with Gasteiger partial charge in [0.1, 0.15) is 5.82 Å². The normalized spacial score (nSPS) is 15.7. The van der Waals surface area contributed by atoms with Crippen LogP contribution in [-0.2, 0) is 11.3 Å². The van der Waals surface area contributed by atoms with Gasteiger partial charge in [-0.2, -0.15) is 0 Å². The number of phenolic OH excluding ortho intramolecular Hbond substituents is 1. The number of amides is 2. The highest BCUT2D eigenvalue weighted by molar-refractivity contribution is 9.10. The SMILES string of the molecule is COc1cc(/C=C2/SC(=O)N(Cc3ccc(F)cc3Cl)C2=O)cc(Br)c1O. The van der Waals surface area contributed by atoms with Gasteiger partial charge in [0.05, 0.1) is 23.0 Å². The highest BCUT2D eigenvalue weighted by Crippen LogP contribution is 2.38. The molecule has 5 nitrogen and oxygen atoms in total. The molecular formula is C18H12BrClFNO4S. The van der Waals surface area contributed by atoms with E-state index in [0.29, 0.717) is 15.6 Å². The van der Waals surface area contributed by atoms with Crippen LogP contribution in [0.15, 0.2) is 39.7 Å². The van der Waals surface area contributed by atoms with Crippen molar-refractivity contribution in [1.82, 2.24) is 4.90 Å². The molecule has 0 radical (unpaired) electrons. The van der Waals surface area contributed by atoms with Gasteiger partial charge in [0.15, 0.2) is 11.5 Å². The van der Waals surface area contributed by atoms with E-state index < -0.39 is 17.0 Å². The van der Waals surface area contributed by atoms with E-state index in [1.54, 1.807) is 12.1 Å². The number of imide groups is 1. The average molecular weight is 473 g/mol. The van der Waals surface area contributed by atoms with E-state index in [2.05, 4.69) is 15.9 Å². The third-order valence-electron chi connectivity index (χ3n) is 3.79. The molecule has 2 amide bonds. The maximum Gasteiger partial charge on any atom is 0.293 e. The summed E-state index contributed by atoms with van der Waals surface area (Å²) in [5.74, 6) is -0.806. The van der Waals surface area contributed by atoms with E-state index in [-0.39, 0.29) is 28.0 Å². The molecule has 1 aliphatic heterocycles. The van der Waals surface area contributed by atoms with Crippen molar-refractivity contribution >= 4 is 56.5 Å². The lowest BCUT2D eigenvalue weighted by Crippen LogP contribution is -2.27. The van der Waals surface area contributed by atoms with Gasteiger partial charge >= 0.3 is 0 Å². The molecule has 0 spiro atoms. The third-order valence-corrected chi connectivity index (χ3v) is 5.65. The van der Waals surface area contributed by atoms with Gasteiger partial charge in [-0.05, 0) is 69.2 Å². The molecule has 0 aromatic heterocycles. The number of halogens is 3. The van der Waals surface area contributed by atoms with E-state index in [1.165, 1.54) is 25.3 Å². The molecular weight excluding hydrogens is 461 g/mol. The van der Waals surface area contributed by atoms with Crippen LogP contribution in [0.1, 0.15) is 11.1 Å². The van der Waals surface area contributed by atoms with Crippen molar-refractivity contribution in [2.45, 2.75) is 6.54 Å². The monoisotopic (exact) mass is 471 g/mol. The molecule has 0 bridgehead atoms. The predicted molar refractivity (Wildman–Crippen MR) is 105 cm³/mol. The summed E-state index contributed by atoms with van der Waals surface area (Å²) in [4.78, 5) is 26.1. The molecule has 0 atom stereocenters. The second kappa shape index (κ2) is 7.92. The fourth-order valence-corrected chi connectivity index (χ4v) is 3.97. The zero-order chi connectivity index (χ0) is 19.7. The Bertz CT molecular complexity index is 982. The van der Waals surface area contributed by atoms with Crippen LogP contribution < -0.4 is 4.74 Å². The first-order chi connectivity index (χ1) is 12.8. The summed E-state index contributed by atoms with van der Waals surface area (Å²) < 4.78 is 18.6. The number of ether oxygens (including phenoxy) is 1. The Labute approximate surface area is 171 Å². The molecule has 2 aromatic rings. The molecule has 1 saturated heterocycles. The summed E-state index contributed by atoms with van der Waals surface area (Å²) in [6.45, 7) is -0.0519. The van der Waals surface area contributed by atoms with Crippen LogP contribution >= 0.6 is 39.3 Å². The maximum absolute atomic E-state index is 13.2. The quantitative estimate of drug-likeness (QED) is 0.620. The number of nitrogens with zero attached hydrogens (tertiary/aromatic N) is 1. The number of carbonyl (C=O) groups excluding carboxylic acids is 2.